The van der Waals surface area contributed by atoms with Crippen molar-refractivity contribution in [2.75, 3.05) is 26.3 Å². The second-order valence-electron chi connectivity index (χ2n) is 9.87. The molecular weight excluding hydrogens is 440 g/mol. The van der Waals surface area contributed by atoms with Gasteiger partial charge in [0.1, 0.15) is 0 Å². The highest BCUT2D eigenvalue weighted by Crippen LogP contribution is 2.46. The summed E-state index contributed by atoms with van der Waals surface area (Å²) in [6.07, 6.45) is 18.4. The highest BCUT2D eigenvalue weighted by Gasteiger charge is 2.35. The number of carbonyl (C=O) groups excluding carboxylic acids is 1. The predicted molar refractivity (Wildman–Crippen MR) is 135 cm³/mol. The molecule has 35 heavy (non-hydrogen) atoms. The molecule has 1 N–H and O–H groups in total. The van der Waals surface area contributed by atoms with Gasteiger partial charge in [-0.1, -0.05) is 48.6 Å². The molecule has 2 aromatic rings. The van der Waals surface area contributed by atoms with Crippen LogP contribution in [0.2, 0.25) is 0 Å². The fraction of sp³-hybridized carbons (Fsp3) is 0.379. The number of amides is 1. The molecule has 1 aromatic heterocycles. The van der Waals surface area contributed by atoms with Crippen molar-refractivity contribution in [1.29, 1.82) is 0 Å². The lowest BCUT2D eigenvalue weighted by molar-refractivity contribution is -0.131. The minimum absolute atomic E-state index is 0.0567. The average molecular weight is 471 g/mol. The van der Waals surface area contributed by atoms with E-state index in [2.05, 4.69) is 47.1 Å². The van der Waals surface area contributed by atoms with E-state index in [-0.39, 0.29) is 23.3 Å². The van der Waals surface area contributed by atoms with Gasteiger partial charge in [0.05, 0.1) is 25.3 Å². The number of aromatic carboxylic acids is 1. The number of aromatic nitrogens is 1. The van der Waals surface area contributed by atoms with Crippen molar-refractivity contribution in [3.05, 3.63) is 83.1 Å². The third-order valence-electron chi connectivity index (χ3n) is 7.86. The number of carbonyl (C=O) groups is 2. The van der Waals surface area contributed by atoms with Crippen LogP contribution in [0.3, 0.4) is 0 Å². The molecule has 4 aliphatic rings. The summed E-state index contributed by atoms with van der Waals surface area (Å²) in [7, 11) is 0. The Balaban J connectivity index is 1.55. The van der Waals surface area contributed by atoms with Crippen LogP contribution < -0.4 is 0 Å². The molecule has 180 valence electrons. The Kier molecular flexibility index (Phi) is 5.69. The van der Waals surface area contributed by atoms with E-state index < -0.39 is 5.97 Å². The van der Waals surface area contributed by atoms with Crippen LogP contribution in [0.25, 0.3) is 10.9 Å². The van der Waals surface area contributed by atoms with Crippen molar-refractivity contribution in [2.24, 2.45) is 5.92 Å². The fourth-order valence-electron chi connectivity index (χ4n) is 6.16. The van der Waals surface area contributed by atoms with Crippen LogP contribution in [0.1, 0.15) is 52.7 Å². The molecule has 1 aromatic carbocycles. The van der Waals surface area contributed by atoms with Gasteiger partial charge in [-0.25, -0.2) is 4.79 Å². The summed E-state index contributed by atoms with van der Waals surface area (Å²) in [4.78, 5) is 27.4. The molecule has 1 saturated heterocycles. The number of nitrogens with zero attached hydrogens (tertiary/aromatic N) is 2. The van der Waals surface area contributed by atoms with Gasteiger partial charge in [0.25, 0.3) is 5.91 Å². The minimum Gasteiger partial charge on any atom is -0.478 e. The Morgan fingerprint density at radius 1 is 1.06 bits per heavy atom. The standard InChI is InChI=1S/C29H30N2O4/c32-28(30-12-14-35-15-13-30)22-16-20-8-4-5-9-23(20)27-26(19-6-2-1-3-7-19)24-11-10-21(29(33)34)17-25(24)31(27)18-22/h1-2,4-5,8-11,16-17,19-20,23H,3,6-7,12-15,18H2,(H,33,34). The van der Waals surface area contributed by atoms with E-state index in [4.69, 9.17) is 4.74 Å². The SMILES string of the molecule is O=C(O)c1ccc2c(C3CC=CCC3)c3n(c2c1)CC(C(=O)N1CCOCC1)=CC1C=CC=CC31. The molecule has 3 atom stereocenters. The number of benzene rings is 1. The predicted octanol–water partition coefficient (Wildman–Crippen LogP) is 4.79. The molecule has 1 fully saturated rings. The highest BCUT2D eigenvalue weighted by molar-refractivity contribution is 5.97. The first-order valence-corrected chi connectivity index (χ1v) is 12.6. The molecule has 3 heterocycles. The Morgan fingerprint density at radius 3 is 2.66 bits per heavy atom. The molecule has 3 unspecified atom stereocenters. The first kappa shape index (κ1) is 22.1. The van der Waals surface area contributed by atoms with Gasteiger partial charge in [-0.15, -0.1) is 0 Å². The number of hydrogen-bond acceptors (Lipinski definition) is 3. The molecule has 0 saturated carbocycles. The molecule has 0 radical (unpaired) electrons. The molecule has 0 spiro atoms. The van der Waals surface area contributed by atoms with Crippen LogP contribution in [-0.4, -0.2) is 52.8 Å². The molecule has 6 nitrogen and oxygen atoms in total. The highest BCUT2D eigenvalue weighted by atomic mass is 16.5. The number of ether oxygens (including phenoxy) is 1. The molecular formula is C29H30N2O4. The normalized spacial score (nSPS) is 25.7. The van der Waals surface area contributed by atoms with Crippen LogP contribution in [0.4, 0.5) is 0 Å². The second-order valence-corrected chi connectivity index (χ2v) is 9.87. The average Bonchev–Trinajstić information content (AvgIpc) is 3.11. The maximum absolute atomic E-state index is 13.7. The van der Waals surface area contributed by atoms with E-state index in [0.717, 1.165) is 35.7 Å². The lowest BCUT2D eigenvalue weighted by Gasteiger charge is -2.28. The maximum Gasteiger partial charge on any atom is 0.335 e. The summed E-state index contributed by atoms with van der Waals surface area (Å²) < 4.78 is 7.71. The van der Waals surface area contributed by atoms with E-state index in [1.165, 1.54) is 11.3 Å². The summed E-state index contributed by atoms with van der Waals surface area (Å²) in [5.74, 6) is -0.303. The van der Waals surface area contributed by atoms with E-state index in [1.807, 2.05) is 11.0 Å². The zero-order valence-corrected chi connectivity index (χ0v) is 19.7. The smallest absolute Gasteiger partial charge is 0.335 e. The number of hydrogen-bond donors (Lipinski definition) is 1. The van der Waals surface area contributed by atoms with Gasteiger partial charge in [-0.05, 0) is 42.9 Å². The minimum atomic E-state index is -0.934. The topological polar surface area (TPSA) is 71.8 Å². The number of rotatable bonds is 3. The Labute approximate surface area is 204 Å². The van der Waals surface area contributed by atoms with Gasteiger partial charge in [0.15, 0.2) is 0 Å². The first-order valence-electron chi connectivity index (χ1n) is 12.6. The Hall–Kier alpha value is -3.38. The van der Waals surface area contributed by atoms with Gasteiger partial charge < -0.3 is 19.3 Å². The summed E-state index contributed by atoms with van der Waals surface area (Å²) in [5.41, 5.74) is 4.51. The van der Waals surface area contributed by atoms with Crippen molar-refractivity contribution in [1.82, 2.24) is 9.47 Å². The Morgan fingerprint density at radius 2 is 1.89 bits per heavy atom. The number of morpholine rings is 1. The zero-order valence-electron chi connectivity index (χ0n) is 19.7. The van der Waals surface area contributed by atoms with Crippen LogP contribution in [-0.2, 0) is 16.1 Å². The van der Waals surface area contributed by atoms with Crippen LogP contribution in [0, 0.1) is 5.92 Å². The van der Waals surface area contributed by atoms with Crippen LogP contribution in [0.5, 0.6) is 0 Å². The lowest BCUT2D eigenvalue weighted by atomic mass is 9.79. The number of carboxylic acid groups (broad SMARTS) is 1. The summed E-state index contributed by atoms with van der Waals surface area (Å²) in [5, 5.41) is 10.9. The molecule has 6 heteroatoms. The summed E-state index contributed by atoms with van der Waals surface area (Å²) in [6, 6.07) is 5.50. The van der Waals surface area contributed by atoms with Crippen molar-refractivity contribution in [3.8, 4) is 0 Å². The Bertz CT molecular complexity index is 1310. The van der Waals surface area contributed by atoms with Gasteiger partial charge in [0.2, 0.25) is 0 Å². The summed E-state index contributed by atoms with van der Waals surface area (Å²) >= 11 is 0. The van der Waals surface area contributed by atoms with Crippen LogP contribution >= 0.6 is 0 Å². The number of carboxylic acids is 1. The monoisotopic (exact) mass is 470 g/mol. The molecule has 2 aliphatic carbocycles. The second kappa shape index (κ2) is 9.00. The third-order valence-corrected chi connectivity index (χ3v) is 7.86. The van der Waals surface area contributed by atoms with E-state index in [0.29, 0.717) is 38.8 Å². The third kappa shape index (κ3) is 3.86. The van der Waals surface area contributed by atoms with Crippen molar-refractivity contribution < 1.29 is 19.4 Å². The molecule has 1 amide bonds. The van der Waals surface area contributed by atoms with E-state index in [9.17, 15) is 14.7 Å². The van der Waals surface area contributed by atoms with Gasteiger partial charge in [-0.2, -0.15) is 0 Å². The number of allylic oxidation sites excluding steroid dienone is 7. The molecule has 0 bridgehead atoms. The van der Waals surface area contributed by atoms with Gasteiger partial charge in [-0.3, -0.25) is 4.79 Å². The first-order chi connectivity index (χ1) is 17.1. The van der Waals surface area contributed by atoms with Gasteiger partial charge in [0, 0.05) is 47.1 Å². The maximum atomic E-state index is 13.7. The van der Waals surface area contributed by atoms with Crippen molar-refractivity contribution >= 4 is 22.8 Å². The van der Waals surface area contributed by atoms with Gasteiger partial charge >= 0.3 is 5.97 Å². The van der Waals surface area contributed by atoms with E-state index >= 15 is 0 Å². The molecule has 6 rings (SSSR count). The zero-order chi connectivity index (χ0) is 23.9. The summed E-state index contributed by atoms with van der Waals surface area (Å²) in [6.45, 7) is 2.77. The fourth-order valence-corrected chi connectivity index (χ4v) is 6.16. The van der Waals surface area contributed by atoms with Crippen LogP contribution in [0.15, 0.2) is 66.3 Å². The van der Waals surface area contributed by atoms with E-state index in [1.54, 1.807) is 12.1 Å². The quantitative estimate of drug-likeness (QED) is 0.655. The number of fused-ring (bicyclic) bond motifs is 5. The van der Waals surface area contributed by atoms with Crippen molar-refractivity contribution in [2.45, 2.75) is 37.6 Å². The van der Waals surface area contributed by atoms with Crippen molar-refractivity contribution in [3.63, 3.8) is 0 Å². The lowest BCUT2D eigenvalue weighted by Crippen LogP contribution is -2.42. The largest absolute Gasteiger partial charge is 0.478 e. The molecule has 2 aliphatic heterocycles.